The third-order valence-corrected chi connectivity index (χ3v) is 4.97. The van der Waals surface area contributed by atoms with E-state index in [4.69, 9.17) is 4.99 Å². The Morgan fingerprint density at radius 1 is 0.969 bits per heavy atom. The zero-order chi connectivity index (χ0) is 21.3. The Labute approximate surface area is 205 Å². The number of fused-ring (bicyclic) bond motifs is 1. The summed E-state index contributed by atoms with van der Waals surface area (Å²) in [7, 11) is 0. The van der Waals surface area contributed by atoms with Gasteiger partial charge in [-0.2, -0.15) is 5.10 Å². The van der Waals surface area contributed by atoms with Crippen molar-refractivity contribution in [2.75, 3.05) is 19.6 Å². The van der Waals surface area contributed by atoms with Crippen molar-refractivity contribution < 1.29 is 0 Å². The Hall–Kier alpha value is -2.95. The second-order valence-electron chi connectivity index (χ2n) is 7.20. The summed E-state index contributed by atoms with van der Waals surface area (Å²) in [5.41, 5.74) is 3.23. The number of pyridine rings is 1. The highest BCUT2D eigenvalue weighted by atomic mass is 127. The Bertz CT molecular complexity index is 1100. The van der Waals surface area contributed by atoms with Crippen LogP contribution in [0.15, 0.2) is 72.1 Å². The van der Waals surface area contributed by atoms with Crippen LogP contribution in [0.4, 0.5) is 0 Å². The standard InChI is InChI=1S/C23H28N8.HI/c1-2-24-23(25-14-5-8-22-29-28-21-7-3-4-17-30(21)22)26-16-13-19-9-11-20(12-10-19)31-18-6-15-27-31;/h3-4,6-7,9-12,15,17-18H,2,5,8,13-14,16H2,1H3,(H2,24,25,26);1H. The Balaban J connectivity index is 0.00000289. The molecule has 0 saturated carbocycles. The number of guanidine groups is 1. The maximum absolute atomic E-state index is 4.70. The van der Waals surface area contributed by atoms with E-state index in [1.165, 1.54) is 5.56 Å². The summed E-state index contributed by atoms with van der Waals surface area (Å²) >= 11 is 0. The first-order valence-electron chi connectivity index (χ1n) is 10.7. The first-order valence-corrected chi connectivity index (χ1v) is 10.7. The highest BCUT2D eigenvalue weighted by Gasteiger charge is 2.04. The van der Waals surface area contributed by atoms with E-state index < -0.39 is 0 Å². The molecule has 2 N–H and O–H groups in total. The van der Waals surface area contributed by atoms with Gasteiger partial charge in [0.1, 0.15) is 5.82 Å². The van der Waals surface area contributed by atoms with E-state index >= 15 is 0 Å². The van der Waals surface area contributed by atoms with Gasteiger partial charge in [-0.05, 0) is 55.7 Å². The first kappa shape index (κ1) is 23.7. The fourth-order valence-electron chi connectivity index (χ4n) is 3.39. The molecule has 0 saturated heterocycles. The molecule has 1 aromatic carbocycles. The smallest absolute Gasteiger partial charge is 0.191 e. The van der Waals surface area contributed by atoms with Gasteiger partial charge >= 0.3 is 0 Å². The summed E-state index contributed by atoms with van der Waals surface area (Å²) in [6.45, 7) is 4.46. The van der Waals surface area contributed by atoms with Crippen molar-refractivity contribution in [3.05, 3.63) is 78.5 Å². The number of halogens is 1. The van der Waals surface area contributed by atoms with Crippen LogP contribution in [-0.2, 0) is 12.8 Å². The van der Waals surface area contributed by atoms with Crippen molar-refractivity contribution in [2.24, 2.45) is 4.99 Å². The van der Waals surface area contributed by atoms with Crippen LogP contribution in [0.25, 0.3) is 11.3 Å². The van der Waals surface area contributed by atoms with Crippen molar-refractivity contribution >= 4 is 35.6 Å². The fraction of sp³-hybridized carbons (Fsp3) is 0.304. The third kappa shape index (κ3) is 6.28. The van der Waals surface area contributed by atoms with Crippen LogP contribution in [0.3, 0.4) is 0 Å². The number of benzene rings is 1. The van der Waals surface area contributed by atoms with Gasteiger partial charge < -0.3 is 10.6 Å². The molecule has 0 aliphatic rings. The quantitative estimate of drug-likeness (QED) is 0.146. The summed E-state index contributed by atoms with van der Waals surface area (Å²) in [4.78, 5) is 4.70. The van der Waals surface area contributed by atoms with E-state index in [1.54, 1.807) is 6.20 Å². The zero-order valence-electron chi connectivity index (χ0n) is 18.2. The molecule has 0 unspecified atom stereocenters. The fourth-order valence-corrected chi connectivity index (χ4v) is 3.39. The van der Waals surface area contributed by atoms with E-state index in [0.29, 0.717) is 0 Å². The number of aliphatic imine (C=N–C) groups is 1. The molecule has 9 heteroatoms. The molecule has 0 aliphatic carbocycles. The Kier molecular flexibility index (Phi) is 9.02. The molecule has 3 aromatic heterocycles. The normalized spacial score (nSPS) is 11.3. The topological polar surface area (TPSA) is 84.4 Å². The second kappa shape index (κ2) is 12.2. The van der Waals surface area contributed by atoms with Crippen molar-refractivity contribution in [3.63, 3.8) is 0 Å². The number of aryl methyl sites for hydroxylation is 1. The minimum Gasteiger partial charge on any atom is -0.357 e. The molecule has 0 amide bonds. The highest BCUT2D eigenvalue weighted by molar-refractivity contribution is 14.0. The summed E-state index contributed by atoms with van der Waals surface area (Å²) in [5.74, 6) is 1.82. The van der Waals surface area contributed by atoms with Gasteiger partial charge in [-0.15, -0.1) is 34.2 Å². The van der Waals surface area contributed by atoms with Gasteiger partial charge in [-0.1, -0.05) is 18.2 Å². The van der Waals surface area contributed by atoms with Gasteiger partial charge in [0.05, 0.1) is 5.69 Å². The van der Waals surface area contributed by atoms with Crippen LogP contribution in [0.2, 0.25) is 0 Å². The summed E-state index contributed by atoms with van der Waals surface area (Å²) < 4.78 is 3.89. The number of nitrogens with one attached hydrogen (secondary N) is 2. The molecule has 4 rings (SSSR count). The SMILES string of the molecule is CCNC(=NCCCc1nnc2ccccn12)NCCc1ccc(-n2cccn2)cc1.I. The molecular weight excluding hydrogens is 515 g/mol. The maximum Gasteiger partial charge on any atom is 0.191 e. The first-order chi connectivity index (χ1) is 15.3. The number of nitrogens with zero attached hydrogens (tertiary/aromatic N) is 6. The Morgan fingerprint density at radius 2 is 1.84 bits per heavy atom. The molecule has 4 aromatic rings. The van der Waals surface area contributed by atoms with E-state index in [0.717, 1.165) is 62.0 Å². The lowest BCUT2D eigenvalue weighted by molar-refractivity contribution is 0.750. The van der Waals surface area contributed by atoms with Gasteiger partial charge in [0.25, 0.3) is 0 Å². The zero-order valence-corrected chi connectivity index (χ0v) is 20.5. The molecule has 0 spiro atoms. The minimum absolute atomic E-state index is 0. The molecule has 0 radical (unpaired) electrons. The van der Waals surface area contributed by atoms with Crippen LogP contribution >= 0.6 is 24.0 Å². The number of aromatic nitrogens is 5. The van der Waals surface area contributed by atoms with E-state index in [-0.39, 0.29) is 24.0 Å². The summed E-state index contributed by atoms with van der Waals surface area (Å²) in [6.07, 6.45) is 8.42. The number of hydrogen-bond acceptors (Lipinski definition) is 4. The van der Waals surface area contributed by atoms with Crippen molar-refractivity contribution in [2.45, 2.75) is 26.2 Å². The predicted octanol–water partition coefficient (Wildman–Crippen LogP) is 3.26. The largest absolute Gasteiger partial charge is 0.357 e. The number of hydrogen-bond donors (Lipinski definition) is 2. The van der Waals surface area contributed by atoms with Crippen LogP contribution in [0.1, 0.15) is 24.7 Å². The van der Waals surface area contributed by atoms with Gasteiger partial charge in [-0.25, -0.2) is 4.68 Å². The minimum atomic E-state index is 0. The summed E-state index contributed by atoms with van der Waals surface area (Å²) in [6, 6.07) is 16.3. The maximum atomic E-state index is 4.70. The predicted molar refractivity (Wildman–Crippen MR) is 138 cm³/mol. The lowest BCUT2D eigenvalue weighted by Crippen LogP contribution is -2.38. The van der Waals surface area contributed by atoms with E-state index in [2.05, 4.69) is 57.1 Å². The summed E-state index contributed by atoms with van der Waals surface area (Å²) in [5, 5.41) is 19.5. The van der Waals surface area contributed by atoms with Gasteiger partial charge in [0, 0.05) is 44.6 Å². The molecular formula is C23H29IN8. The molecule has 8 nitrogen and oxygen atoms in total. The van der Waals surface area contributed by atoms with Crippen LogP contribution < -0.4 is 10.6 Å². The molecule has 3 heterocycles. The van der Waals surface area contributed by atoms with E-state index in [1.807, 2.05) is 45.7 Å². The van der Waals surface area contributed by atoms with Crippen LogP contribution in [0, 0.1) is 0 Å². The lowest BCUT2D eigenvalue weighted by Gasteiger charge is -2.11. The second-order valence-corrected chi connectivity index (χ2v) is 7.20. The molecule has 168 valence electrons. The Morgan fingerprint density at radius 3 is 2.62 bits per heavy atom. The lowest BCUT2D eigenvalue weighted by atomic mass is 10.1. The number of rotatable bonds is 9. The molecule has 0 aliphatic heterocycles. The van der Waals surface area contributed by atoms with Crippen LogP contribution in [-0.4, -0.2) is 50.0 Å². The molecule has 32 heavy (non-hydrogen) atoms. The highest BCUT2D eigenvalue weighted by Crippen LogP contribution is 2.09. The average Bonchev–Trinajstić information content (AvgIpc) is 3.48. The van der Waals surface area contributed by atoms with Crippen molar-refractivity contribution in [3.8, 4) is 5.69 Å². The molecule has 0 bridgehead atoms. The van der Waals surface area contributed by atoms with Gasteiger partial charge in [0.15, 0.2) is 11.6 Å². The third-order valence-electron chi connectivity index (χ3n) is 4.97. The van der Waals surface area contributed by atoms with E-state index in [9.17, 15) is 0 Å². The van der Waals surface area contributed by atoms with Crippen molar-refractivity contribution in [1.82, 2.24) is 35.0 Å². The monoisotopic (exact) mass is 544 g/mol. The van der Waals surface area contributed by atoms with Gasteiger partial charge in [-0.3, -0.25) is 9.39 Å². The van der Waals surface area contributed by atoms with Crippen molar-refractivity contribution in [1.29, 1.82) is 0 Å². The molecule has 0 atom stereocenters. The van der Waals surface area contributed by atoms with Gasteiger partial charge in [0.2, 0.25) is 0 Å². The molecule has 0 fully saturated rings. The average molecular weight is 544 g/mol. The van der Waals surface area contributed by atoms with Crippen LogP contribution in [0.5, 0.6) is 0 Å².